The molecule has 0 saturated heterocycles. The maximum Gasteiger partial charge on any atom is 0.125 e. The molecule has 0 amide bonds. The summed E-state index contributed by atoms with van der Waals surface area (Å²) in [5.41, 5.74) is 2.65. The second kappa shape index (κ2) is 4.35. The zero-order valence-corrected chi connectivity index (χ0v) is 9.29. The van der Waals surface area contributed by atoms with E-state index in [1.807, 2.05) is 26.0 Å². The predicted octanol–water partition coefficient (Wildman–Crippen LogP) is 3.03. The molecule has 2 rings (SSSR count). The molecule has 1 aromatic heterocycles. The van der Waals surface area contributed by atoms with Gasteiger partial charge in [-0.3, -0.25) is 5.10 Å². The standard InChI is InChI=1S/C12H14FN3/c1-8-5-10(13)7-11(6-8)15-9(2)12-3-4-14-16-12/h3-7,9,15H,1-2H3,(H,14,16). The highest BCUT2D eigenvalue weighted by molar-refractivity contribution is 5.47. The molecule has 0 spiro atoms. The highest BCUT2D eigenvalue weighted by atomic mass is 19.1. The number of aromatic amines is 1. The first-order valence-corrected chi connectivity index (χ1v) is 5.18. The van der Waals surface area contributed by atoms with Gasteiger partial charge in [0.2, 0.25) is 0 Å². The van der Waals surface area contributed by atoms with Crippen molar-refractivity contribution >= 4 is 5.69 Å². The lowest BCUT2D eigenvalue weighted by Gasteiger charge is -2.14. The van der Waals surface area contributed by atoms with Gasteiger partial charge in [0.15, 0.2) is 0 Å². The number of nitrogens with one attached hydrogen (secondary N) is 2. The van der Waals surface area contributed by atoms with E-state index in [9.17, 15) is 4.39 Å². The van der Waals surface area contributed by atoms with Crippen molar-refractivity contribution in [3.8, 4) is 0 Å². The molecule has 0 bridgehead atoms. The topological polar surface area (TPSA) is 40.7 Å². The quantitative estimate of drug-likeness (QED) is 0.833. The van der Waals surface area contributed by atoms with Crippen molar-refractivity contribution in [2.75, 3.05) is 5.32 Å². The Bertz CT molecular complexity index is 445. The molecule has 3 nitrogen and oxygen atoms in total. The maximum absolute atomic E-state index is 13.2. The molecular formula is C12H14FN3. The summed E-state index contributed by atoms with van der Waals surface area (Å²) in [5, 5.41) is 9.98. The Kier molecular flexibility index (Phi) is 2.90. The summed E-state index contributed by atoms with van der Waals surface area (Å²) in [5.74, 6) is -0.223. The molecule has 0 aliphatic rings. The molecule has 4 heteroatoms. The van der Waals surface area contributed by atoms with Crippen LogP contribution in [0.1, 0.15) is 24.2 Å². The third-order valence-corrected chi connectivity index (χ3v) is 2.41. The molecule has 0 aliphatic carbocycles. The molecular weight excluding hydrogens is 205 g/mol. The first-order chi connectivity index (χ1) is 7.65. The number of aromatic nitrogens is 2. The molecule has 0 saturated carbocycles. The molecule has 0 aliphatic heterocycles. The third-order valence-electron chi connectivity index (χ3n) is 2.41. The van der Waals surface area contributed by atoms with Crippen molar-refractivity contribution < 1.29 is 4.39 Å². The lowest BCUT2D eigenvalue weighted by molar-refractivity contribution is 0.626. The second-order valence-corrected chi connectivity index (χ2v) is 3.90. The molecule has 2 N–H and O–H groups in total. The number of nitrogens with zero attached hydrogens (tertiary/aromatic N) is 1. The van der Waals surface area contributed by atoms with E-state index in [1.165, 1.54) is 12.1 Å². The average molecular weight is 219 g/mol. The van der Waals surface area contributed by atoms with E-state index in [0.717, 1.165) is 16.9 Å². The van der Waals surface area contributed by atoms with Gasteiger partial charge in [0, 0.05) is 11.9 Å². The van der Waals surface area contributed by atoms with Crippen LogP contribution in [0.25, 0.3) is 0 Å². The number of benzene rings is 1. The van der Waals surface area contributed by atoms with Gasteiger partial charge in [0.25, 0.3) is 0 Å². The molecule has 1 aromatic carbocycles. The zero-order valence-electron chi connectivity index (χ0n) is 9.29. The number of H-pyrrole nitrogens is 1. The van der Waals surface area contributed by atoms with Crippen LogP contribution in [0.2, 0.25) is 0 Å². The van der Waals surface area contributed by atoms with Crippen LogP contribution in [0.15, 0.2) is 30.5 Å². The monoisotopic (exact) mass is 219 g/mol. The van der Waals surface area contributed by atoms with Gasteiger partial charge in [-0.05, 0) is 43.7 Å². The van der Waals surface area contributed by atoms with Crippen LogP contribution in [-0.2, 0) is 0 Å². The fourth-order valence-electron chi connectivity index (χ4n) is 1.66. The highest BCUT2D eigenvalue weighted by Gasteiger charge is 2.07. The number of hydrogen-bond acceptors (Lipinski definition) is 2. The highest BCUT2D eigenvalue weighted by Crippen LogP contribution is 2.19. The van der Waals surface area contributed by atoms with Crippen molar-refractivity contribution in [1.29, 1.82) is 0 Å². The summed E-state index contributed by atoms with van der Waals surface area (Å²) in [6, 6.07) is 6.87. The Morgan fingerprint density at radius 3 is 2.81 bits per heavy atom. The summed E-state index contributed by atoms with van der Waals surface area (Å²) in [4.78, 5) is 0. The SMILES string of the molecule is Cc1cc(F)cc(NC(C)c2ccn[nH]2)c1. The minimum Gasteiger partial charge on any atom is -0.377 e. The van der Waals surface area contributed by atoms with Gasteiger partial charge in [0.1, 0.15) is 5.82 Å². The van der Waals surface area contributed by atoms with Crippen LogP contribution < -0.4 is 5.32 Å². The van der Waals surface area contributed by atoms with Gasteiger partial charge in [-0.1, -0.05) is 0 Å². The number of hydrogen-bond donors (Lipinski definition) is 2. The molecule has 0 radical (unpaired) electrons. The smallest absolute Gasteiger partial charge is 0.125 e. The first kappa shape index (κ1) is 10.7. The van der Waals surface area contributed by atoms with Gasteiger partial charge in [-0.25, -0.2) is 4.39 Å². The van der Waals surface area contributed by atoms with Crippen LogP contribution in [0.4, 0.5) is 10.1 Å². The molecule has 1 atom stereocenters. The van der Waals surface area contributed by atoms with E-state index in [1.54, 1.807) is 6.20 Å². The van der Waals surface area contributed by atoms with E-state index in [0.29, 0.717) is 0 Å². The number of anilines is 1. The Morgan fingerprint density at radius 2 is 2.19 bits per heavy atom. The van der Waals surface area contributed by atoms with Crippen molar-refractivity contribution in [2.45, 2.75) is 19.9 Å². The van der Waals surface area contributed by atoms with Crippen LogP contribution in [-0.4, -0.2) is 10.2 Å². The number of rotatable bonds is 3. The fourth-order valence-corrected chi connectivity index (χ4v) is 1.66. The molecule has 2 aromatic rings. The average Bonchev–Trinajstić information content (AvgIpc) is 2.68. The predicted molar refractivity (Wildman–Crippen MR) is 61.8 cm³/mol. The van der Waals surface area contributed by atoms with Gasteiger partial charge >= 0.3 is 0 Å². The van der Waals surface area contributed by atoms with Gasteiger partial charge in [0.05, 0.1) is 11.7 Å². The van der Waals surface area contributed by atoms with E-state index in [-0.39, 0.29) is 11.9 Å². The van der Waals surface area contributed by atoms with Crippen LogP contribution in [0.5, 0.6) is 0 Å². The zero-order chi connectivity index (χ0) is 11.5. The Hall–Kier alpha value is -1.84. The second-order valence-electron chi connectivity index (χ2n) is 3.90. The van der Waals surface area contributed by atoms with Crippen molar-refractivity contribution in [3.63, 3.8) is 0 Å². The fraction of sp³-hybridized carbons (Fsp3) is 0.250. The summed E-state index contributed by atoms with van der Waals surface area (Å²) >= 11 is 0. The maximum atomic E-state index is 13.2. The Balaban J connectivity index is 2.15. The summed E-state index contributed by atoms with van der Waals surface area (Å²) in [7, 11) is 0. The van der Waals surface area contributed by atoms with Crippen LogP contribution in [0.3, 0.4) is 0 Å². The number of aryl methyl sites for hydroxylation is 1. The number of halogens is 1. The van der Waals surface area contributed by atoms with Gasteiger partial charge in [-0.15, -0.1) is 0 Å². The summed E-state index contributed by atoms with van der Waals surface area (Å²) < 4.78 is 13.2. The minimum atomic E-state index is -0.223. The lowest BCUT2D eigenvalue weighted by atomic mass is 10.2. The molecule has 1 unspecified atom stereocenters. The first-order valence-electron chi connectivity index (χ1n) is 5.18. The van der Waals surface area contributed by atoms with Crippen LogP contribution >= 0.6 is 0 Å². The Morgan fingerprint density at radius 1 is 1.38 bits per heavy atom. The van der Waals surface area contributed by atoms with Crippen molar-refractivity contribution in [3.05, 3.63) is 47.5 Å². The van der Waals surface area contributed by atoms with E-state index in [4.69, 9.17) is 0 Å². The minimum absolute atomic E-state index is 0.0729. The molecule has 1 heterocycles. The summed E-state index contributed by atoms with van der Waals surface area (Å²) in [6.07, 6.45) is 1.70. The largest absolute Gasteiger partial charge is 0.377 e. The van der Waals surface area contributed by atoms with Crippen LogP contribution in [0, 0.1) is 12.7 Å². The third kappa shape index (κ3) is 2.39. The molecule has 16 heavy (non-hydrogen) atoms. The van der Waals surface area contributed by atoms with E-state index >= 15 is 0 Å². The van der Waals surface area contributed by atoms with Crippen molar-refractivity contribution in [1.82, 2.24) is 10.2 Å². The summed E-state index contributed by atoms with van der Waals surface area (Å²) in [6.45, 7) is 3.86. The van der Waals surface area contributed by atoms with E-state index in [2.05, 4.69) is 15.5 Å². The van der Waals surface area contributed by atoms with Gasteiger partial charge in [-0.2, -0.15) is 5.10 Å². The van der Waals surface area contributed by atoms with E-state index < -0.39 is 0 Å². The normalized spacial score (nSPS) is 12.4. The van der Waals surface area contributed by atoms with Crippen molar-refractivity contribution in [2.24, 2.45) is 0 Å². The Labute approximate surface area is 93.7 Å². The molecule has 84 valence electrons. The van der Waals surface area contributed by atoms with Gasteiger partial charge < -0.3 is 5.32 Å². The lowest BCUT2D eigenvalue weighted by Crippen LogP contribution is -2.07. The molecule has 0 fully saturated rings.